The molecule has 0 heterocycles. The highest BCUT2D eigenvalue weighted by Crippen LogP contribution is 2.28. The fourth-order valence-electron chi connectivity index (χ4n) is 3.67. The number of benzene rings is 2. The second kappa shape index (κ2) is 8.86. The first-order valence-corrected chi connectivity index (χ1v) is 9.42. The monoisotopic (exact) mass is 370 g/mol. The molecule has 0 aliphatic heterocycles. The quantitative estimate of drug-likeness (QED) is 0.547. The number of phenols is 1. The molecule has 0 bridgehead atoms. The Hall–Kier alpha value is -2.60. The van der Waals surface area contributed by atoms with Crippen LogP contribution in [0.2, 0.25) is 0 Å². The summed E-state index contributed by atoms with van der Waals surface area (Å²) in [4.78, 5) is 10.5. The van der Waals surface area contributed by atoms with Gasteiger partial charge in [-0.25, -0.2) is 0 Å². The van der Waals surface area contributed by atoms with E-state index in [0.29, 0.717) is 13.0 Å². The minimum absolute atomic E-state index is 0.162. The van der Waals surface area contributed by atoms with Gasteiger partial charge in [-0.3, -0.25) is 10.1 Å². The van der Waals surface area contributed by atoms with Crippen molar-refractivity contribution in [1.82, 2.24) is 5.32 Å². The second-order valence-corrected chi connectivity index (χ2v) is 7.16. The number of phenolic OH excluding ortho intramolecular Hbond substituents is 1. The summed E-state index contributed by atoms with van der Waals surface area (Å²) in [5.41, 5.74) is 3.37. The molecular weight excluding hydrogens is 344 g/mol. The summed E-state index contributed by atoms with van der Waals surface area (Å²) < 4.78 is 6.04. The van der Waals surface area contributed by atoms with E-state index in [1.165, 1.54) is 36.1 Å². The Kier molecular flexibility index (Phi) is 6.29. The van der Waals surface area contributed by atoms with Crippen molar-refractivity contribution in [3.05, 3.63) is 63.2 Å². The predicted octanol–water partition coefficient (Wildman–Crippen LogP) is 3.64. The highest BCUT2D eigenvalue weighted by molar-refractivity contribution is 5.47. The fraction of sp³-hybridized carbons (Fsp3) is 0.429. The molecule has 0 saturated carbocycles. The van der Waals surface area contributed by atoms with Gasteiger partial charge < -0.3 is 15.2 Å². The van der Waals surface area contributed by atoms with Crippen molar-refractivity contribution in [3.8, 4) is 11.5 Å². The number of ether oxygens (including phenoxy) is 1. The Bertz CT molecular complexity index is 807. The number of nitrogens with one attached hydrogen (secondary N) is 1. The summed E-state index contributed by atoms with van der Waals surface area (Å²) in [5, 5.41) is 23.8. The van der Waals surface area contributed by atoms with Crippen LogP contribution in [0.1, 0.15) is 29.5 Å². The molecule has 6 nitrogen and oxygen atoms in total. The van der Waals surface area contributed by atoms with E-state index in [1.807, 2.05) is 13.1 Å². The number of hydrogen-bond donors (Lipinski definition) is 2. The number of fused-ring (bicyclic) bond motifs is 1. The number of rotatable bonds is 8. The van der Waals surface area contributed by atoms with Crippen molar-refractivity contribution >= 4 is 5.69 Å². The number of aromatic hydroxyl groups is 1. The van der Waals surface area contributed by atoms with Crippen LogP contribution in [-0.2, 0) is 19.3 Å². The Morgan fingerprint density at radius 2 is 1.96 bits per heavy atom. The molecule has 2 aromatic rings. The summed E-state index contributed by atoms with van der Waals surface area (Å²) in [5.74, 6) is 0.739. The molecule has 6 heteroatoms. The molecule has 1 aliphatic carbocycles. The maximum absolute atomic E-state index is 11.0. The number of nitro benzene ring substituents is 1. The highest BCUT2D eigenvalue weighted by atomic mass is 16.6. The Balaban J connectivity index is 1.66. The lowest BCUT2D eigenvalue weighted by molar-refractivity contribution is -0.385. The van der Waals surface area contributed by atoms with Gasteiger partial charge in [0.05, 0.1) is 11.5 Å². The van der Waals surface area contributed by atoms with E-state index in [9.17, 15) is 15.2 Å². The highest BCUT2D eigenvalue weighted by Gasteiger charge is 2.17. The van der Waals surface area contributed by atoms with Crippen LogP contribution >= 0.6 is 0 Å². The number of hydrogen-bond acceptors (Lipinski definition) is 5. The van der Waals surface area contributed by atoms with E-state index in [4.69, 9.17) is 4.74 Å². The van der Waals surface area contributed by atoms with Gasteiger partial charge in [-0.1, -0.05) is 12.1 Å². The maximum atomic E-state index is 11.0. The van der Waals surface area contributed by atoms with Gasteiger partial charge in [0, 0.05) is 18.5 Å². The van der Waals surface area contributed by atoms with Crippen LogP contribution < -0.4 is 10.1 Å². The summed E-state index contributed by atoms with van der Waals surface area (Å²) in [6, 6.07) is 10.9. The van der Waals surface area contributed by atoms with E-state index < -0.39 is 4.92 Å². The van der Waals surface area contributed by atoms with Crippen molar-refractivity contribution in [3.63, 3.8) is 0 Å². The Morgan fingerprint density at radius 1 is 1.19 bits per heavy atom. The SMILES string of the molecule is CNCC(COc1ccc2c(c1)CCCC2)Cc1ccc(O)c([N+](=O)[O-])c1. The van der Waals surface area contributed by atoms with Gasteiger partial charge in [-0.2, -0.15) is 0 Å². The van der Waals surface area contributed by atoms with Crippen molar-refractivity contribution in [2.24, 2.45) is 5.92 Å². The molecule has 1 unspecified atom stereocenters. The van der Waals surface area contributed by atoms with Crippen molar-refractivity contribution in [1.29, 1.82) is 0 Å². The van der Waals surface area contributed by atoms with Crippen LogP contribution in [0, 0.1) is 16.0 Å². The lowest BCUT2D eigenvalue weighted by atomic mass is 9.92. The van der Waals surface area contributed by atoms with Gasteiger partial charge in [0.1, 0.15) is 5.75 Å². The van der Waals surface area contributed by atoms with Crippen LogP contribution in [0.15, 0.2) is 36.4 Å². The summed E-state index contributed by atoms with van der Waals surface area (Å²) in [6.07, 6.45) is 5.39. The zero-order valence-electron chi connectivity index (χ0n) is 15.6. The first kappa shape index (κ1) is 19.2. The molecule has 0 amide bonds. The van der Waals surface area contributed by atoms with Crippen molar-refractivity contribution in [2.45, 2.75) is 32.1 Å². The minimum Gasteiger partial charge on any atom is -0.502 e. The van der Waals surface area contributed by atoms with Gasteiger partial charge >= 0.3 is 5.69 Å². The smallest absolute Gasteiger partial charge is 0.310 e. The molecule has 2 aromatic carbocycles. The molecule has 0 radical (unpaired) electrons. The first-order chi connectivity index (χ1) is 13.1. The molecule has 0 saturated heterocycles. The van der Waals surface area contributed by atoms with Gasteiger partial charge in [-0.15, -0.1) is 0 Å². The Morgan fingerprint density at radius 3 is 2.70 bits per heavy atom. The van der Waals surface area contributed by atoms with Gasteiger partial charge in [0.15, 0.2) is 5.75 Å². The Labute approximate surface area is 159 Å². The maximum Gasteiger partial charge on any atom is 0.310 e. The van der Waals surface area contributed by atoms with E-state index in [-0.39, 0.29) is 17.4 Å². The molecular formula is C21H26N2O4. The minimum atomic E-state index is -0.560. The fourth-order valence-corrected chi connectivity index (χ4v) is 3.67. The molecule has 27 heavy (non-hydrogen) atoms. The number of nitrogens with zero attached hydrogens (tertiary/aromatic N) is 1. The van der Waals surface area contributed by atoms with Crippen LogP contribution in [0.25, 0.3) is 0 Å². The van der Waals surface area contributed by atoms with Crippen molar-refractivity contribution < 1.29 is 14.8 Å². The standard InChI is InChI=1S/C21H26N2O4/c1-22-13-16(10-15-6-9-21(24)20(11-15)23(25)26)14-27-19-8-7-17-4-2-3-5-18(17)12-19/h6-9,11-12,16,22,24H,2-5,10,13-14H2,1H3. The van der Waals surface area contributed by atoms with E-state index >= 15 is 0 Å². The summed E-state index contributed by atoms with van der Waals surface area (Å²) >= 11 is 0. The molecule has 0 spiro atoms. The van der Waals surface area contributed by atoms with Crippen LogP contribution in [0.4, 0.5) is 5.69 Å². The lowest BCUT2D eigenvalue weighted by Crippen LogP contribution is -2.26. The van der Waals surface area contributed by atoms with Crippen LogP contribution in [-0.4, -0.2) is 30.2 Å². The largest absolute Gasteiger partial charge is 0.502 e. The topological polar surface area (TPSA) is 84.6 Å². The molecule has 2 N–H and O–H groups in total. The average molecular weight is 370 g/mol. The number of nitro groups is 1. The van der Waals surface area contributed by atoms with Crippen LogP contribution in [0.5, 0.6) is 11.5 Å². The average Bonchev–Trinajstić information content (AvgIpc) is 2.67. The normalized spacial score (nSPS) is 14.4. The predicted molar refractivity (Wildman–Crippen MR) is 104 cm³/mol. The molecule has 144 valence electrons. The molecule has 1 aliphatic rings. The number of aryl methyl sites for hydroxylation is 2. The van der Waals surface area contributed by atoms with E-state index in [1.54, 1.807) is 6.07 Å². The molecule has 0 aromatic heterocycles. The third kappa shape index (κ3) is 4.98. The summed E-state index contributed by atoms with van der Waals surface area (Å²) in [6.45, 7) is 1.26. The van der Waals surface area contributed by atoms with E-state index in [0.717, 1.165) is 30.7 Å². The molecule has 1 atom stereocenters. The second-order valence-electron chi connectivity index (χ2n) is 7.16. The zero-order chi connectivity index (χ0) is 19.2. The van der Waals surface area contributed by atoms with E-state index in [2.05, 4.69) is 17.4 Å². The summed E-state index contributed by atoms with van der Waals surface area (Å²) in [7, 11) is 1.88. The lowest BCUT2D eigenvalue weighted by Gasteiger charge is -2.20. The molecule has 3 rings (SSSR count). The van der Waals surface area contributed by atoms with Gasteiger partial charge in [-0.05, 0) is 74.0 Å². The van der Waals surface area contributed by atoms with Gasteiger partial charge in [0.25, 0.3) is 0 Å². The van der Waals surface area contributed by atoms with Crippen LogP contribution in [0.3, 0.4) is 0 Å². The molecule has 0 fully saturated rings. The third-order valence-corrected chi connectivity index (χ3v) is 5.06. The van der Waals surface area contributed by atoms with Crippen molar-refractivity contribution in [2.75, 3.05) is 20.2 Å². The zero-order valence-corrected chi connectivity index (χ0v) is 15.6. The third-order valence-electron chi connectivity index (χ3n) is 5.06. The van der Waals surface area contributed by atoms with Gasteiger partial charge in [0.2, 0.25) is 0 Å². The first-order valence-electron chi connectivity index (χ1n) is 9.42.